The Balaban J connectivity index is 1.46. The van der Waals surface area contributed by atoms with Crippen LogP contribution in [0.1, 0.15) is 0 Å². The van der Waals surface area contributed by atoms with E-state index < -0.39 is 10.0 Å². The second-order valence-electron chi connectivity index (χ2n) is 7.20. The molecule has 148 valence electrons. The number of nitrogens with zero attached hydrogens (tertiary/aromatic N) is 5. The van der Waals surface area contributed by atoms with Gasteiger partial charge >= 0.3 is 0 Å². The van der Waals surface area contributed by atoms with Crippen molar-refractivity contribution in [1.29, 1.82) is 0 Å². The number of para-hydroxylation sites is 1. The first-order valence-electron chi connectivity index (χ1n) is 9.55. The lowest BCUT2D eigenvalue weighted by atomic mass is 10.1. The summed E-state index contributed by atoms with van der Waals surface area (Å²) in [5.74, 6) is 0.640. The van der Waals surface area contributed by atoms with Crippen LogP contribution in [0.25, 0.3) is 21.8 Å². The predicted molar refractivity (Wildman–Crippen MR) is 113 cm³/mol. The highest BCUT2D eigenvalue weighted by molar-refractivity contribution is 7.89. The van der Waals surface area contributed by atoms with Gasteiger partial charge in [-0.2, -0.15) is 4.31 Å². The summed E-state index contributed by atoms with van der Waals surface area (Å²) in [5, 5.41) is 2.02. The smallest absolute Gasteiger partial charge is 0.243 e. The third kappa shape index (κ3) is 2.95. The monoisotopic (exact) mass is 407 g/mol. The molecule has 4 aromatic rings. The summed E-state index contributed by atoms with van der Waals surface area (Å²) in [6.45, 7) is 1.96. The van der Waals surface area contributed by atoms with Crippen LogP contribution >= 0.6 is 0 Å². The van der Waals surface area contributed by atoms with E-state index in [0.717, 1.165) is 21.8 Å². The van der Waals surface area contributed by atoms with Gasteiger partial charge in [-0.3, -0.25) is 0 Å². The average Bonchev–Trinajstić information content (AvgIpc) is 3.06. The first-order valence-corrected chi connectivity index (χ1v) is 11.0. The standard InChI is InChI=1S/C21H21N5O2S/c1-24-19-6-3-2-5-17(19)18-15-16(7-8-20(18)24)29(27,28)26-13-11-25(12-14-26)21-22-9-4-10-23-21/h2-10,15H,11-14H2,1H3. The Labute approximate surface area is 169 Å². The molecular formula is C21H21N5O2S. The van der Waals surface area contributed by atoms with Crippen LogP contribution in [0, 0.1) is 0 Å². The number of fused-ring (bicyclic) bond motifs is 3. The van der Waals surface area contributed by atoms with Gasteiger partial charge in [-0.15, -0.1) is 0 Å². The van der Waals surface area contributed by atoms with Crippen molar-refractivity contribution < 1.29 is 8.42 Å². The molecule has 0 radical (unpaired) electrons. The van der Waals surface area contributed by atoms with Crippen molar-refractivity contribution in [2.75, 3.05) is 31.1 Å². The number of aromatic nitrogens is 3. The van der Waals surface area contributed by atoms with Crippen molar-refractivity contribution in [3.05, 3.63) is 60.9 Å². The molecule has 0 amide bonds. The number of sulfonamides is 1. The van der Waals surface area contributed by atoms with Crippen LogP contribution in [0.5, 0.6) is 0 Å². The molecule has 0 unspecified atom stereocenters. The minimum Gasteiger partial charge on any atom is -0.344 e. The molecule has 0 N–H and O–H groups in total. The molecule has 5 rings (SSSR count). The lowest BCUT2D eigenvalue weighted by Crippen LogP contribution is -2.49. The van der Waals surface area contributed by atoms with Crippen LogP contribution in [0.3, 0.4) is 0 Å². The second kappa shape index (κ2) is 6.82. The van der Waals surface area contributed by atoms with E-state index in [1.54, 1.807) is 34.9 Å². The van der Waals surface area contributed by atoms with Gasteiger partial charge in [-0.25, -0.2) is 18.4 Å². The number of hydrogen-bond donors (Lipinski definition) is 0. The Kier molecular flexibility index (Phi) is 4.25. The molecule has 8 heteroatoms. The summed E-state index contributed by atoms with van der Waals surface area (Å²) in [6.07, 6.45) is 3.40. The highest BCUT2D eigenvalue weighted by Gasteiger charge is 2.29. The van der Waals surface area contributed by atoms with Gasteiger partial charge in [0.1, 0.15) is 0 Å². The van der Waals surface area contributed by atoms with Gasteiger partial charge in [0.05, 0.1) is 4.90 Å². The van der Waals surface area contributed by atoms with Crippen molar-refractivity contribution in [3.63, 3.8) is 0 Å². The lowest BCUT2D eigenvalue weighted by molar-refractivity contribution is 0.382. The number of benzene rings is 2. The minimum atomic E-state index is -3.56. The maximum Gasteiger partial charge on any atom is 0.243 e. The molecule has 0 bridgehead atoms. The molecule has 2 aromatic heterocycles. The maximum absolute atomic E-state index is 13.3. The van der Waals surface area contributed by atoms with E-state index in [9.17, 15) is 8.42 Å². The number of hydrogen-bond acceptors (Lipinski definition) is 5. The number of aryl methyl sites for hydroxylation is 1. The Bertz CT molecular complexity index is 1290. The summed E-state index contributed by atoms with van der Waals surface area (Å²) in [7, 11) is -1.56. The topological polar surface area (TPSA) is 71.3 Å². The fourth-order valence-electron chi connectivity index (χ4n) is 4.04. The second-order valence-corrected chi connectivity index (χ2v) is 9.13. The van der Waals surface area contributed by atoms with E-state index in [0.29, 0.717) is 37.0 Å². The Hall–Kier alpha value is -2.97. The highest BCUT2D eigenvalue weighted by atomic mass is 32.2. The molecule has 3 heterocycles. The fraction of sp³-hybridized carbons (Fsp3) is 0.238. The van der Waals surface area contributed by atoms with Crippen LogP contribution in [0.15, 0.2) is 65.8 Å². The van der Waals surface area contributed by atoms with E-state index in [-0.39, 0.29) is 0 Å². The number of rotatable bonds is 3. The van der Waals surface area contributed by atoms with Crippen molar-refractivity contribution >= 4 is 37.8 Å². The van der Waals surface area contributed by atoms with E-state index in [4.69, 9.17) is 0 Å². The molecule has 2 aromatic carbocycles. The molecule has 1 saturated heterocycles. The van der Waals surface area contributed by atoms with Crippen LogP contribution < -0.4 is 4.90 Å². The number of anilines is 1. The van der Waals surface area contributed by atoms with E-state index in [2.05, 4.69) is 14.5 Å². The van der Waals surface area contributed by atoms with Gasteiger partial charge in [-0.1, -0.05) is 18.2 Å². The number of piperazine rings is 1. The zero-order valence-corrected chi connectivity index (χ0v) is 16.9. The summed E-state index contributed by atoms with van der Waals surface area (Å²) in [6, 6.07) is 15.2. The van der Waals surface area contributed by atoms with Gasteiger partial charge in [-0.05, 0) is 30.3 Å². The average molecular weight is 407 g/mol. The molecular weight excluding hydrogens is 386 g/mol. The zero-order valence-electron chi connectivity index (χ0n) is 16.1. The van der Waals surface area contributed by atoms with Crippen LogP contribution in [0.4, 0.5) is 5.95 Å². The Morgan fingerprint density at radius 2 is 1.52 bits per heavy atom. The molecule has 0 aliphatic carbocycles. The summed E-state index contributed by atoms with van der Waals surface area (Å²) < 4.78 is 30.2. The summed E-state index contributed by atoms with van der Waals surface area (Å²) >= 11 is 0. The van der Waals surface area contributed by atoms with E-state index >= 15 is 0 Å². The maximum atomic E-state index is 13.3. The van der Waals surface area contributed by atoms with Gasteiger partial charge in [0.15, 0.2) is 0 Å². The van der Waals surface area contributed by atoms with E-state index in [1.165, 1.54) is 0 Å². The largest absolute Gasteiger partial charge is 0.344 e. The molecule has 0 atom stereocenters. The zero-order chi connectivity index (χ0) is 20.0. The van der Waals surface area contributed by atoms with Gasteiger partial charge in [0.2, 0.25) is 16.0 Å². The Morgan fingerprint density at radius 3 is 2.28 bits per heavy atom. The first-order chi connectivity index (χ1) is 14.1. The molecule has 1 aliphatic heterocycles. The van der Waals surface area contributed by atoms with Crippen molar-refractivity contribution in [3.8, 4) is 0 Å². The van der Waals surface area contributed by atoms with Crippen LogP contribution in [-0.4, -0.2) is 53.4 Å². The summed E-state index contributed by atoms with van der Waals surface area (Å²) in [5.41, 5.74) is 2.12. The third-order valence-electron chi connectivity index (χ3n) is 5.60. The quantitative estimate of drug-likeness (QED) is 0.522. The molecule has 0 spiro atoms. The molecule has 0 saturated carbocycles. The first kappa shape index (κ1) is 18.1. The van der Waals surface area contributed by atoms with Crippen LogP contribution in [-0.2, 0) is 17.1 Å². The molecule has 1 fully saturated rings. The van der Waals surface area contributed by atoms with Crippen molar-refractivity contribution in [2.45, 2.75) is 4.90 Å². The normalized spacial score (nSPS) is 16.0. The van der Waals surface area contributed by atoms with Crippen LogP contribution in [0.2, 0.25) is 0 Å². The van der Waals surface area contributed by atoms with Crippen molar-refractivity contribution in [1.82, 2.24) is 18.8 Å². The SMILES string of the molecule is Cn1c2ccccc2c2cc(S(=O)(=O)N3CCN(c4ncccn4)CC3)ccc21. The summed E-state index contributed by atoms with van der Waals surface area (Å²) in [4.78, 5) is 10.9. The Morgan fingerprint density at radius 1 is 0.828 bits per heavy atom. The molecule has 29 heavy (non-hydrogen) atoms. The predicted octanol–water partition coefficient (Wildman–Crippen LogP) is 2.63. The van der Waals surface area contributed by atoms with E-state index in [1.807, 2.05) is 42.3 Å². The molecule has 7 nitrogen and oxygen atoms in total. The minimum absolute atomic E-state index is 0.339. The van der Waals surface area contributed by atoms with Gasteiger partial charge < -0.3 is 9.47 Å². The van der Waals surface area contributed by atoms with Gasteiger partial charge in [0, 0.05) is 67.4 Å². The molecule has 1 aliphatic rings. The fourth-order valence-corrected chi connectivity index (χ4v) is 5.49. The van der Waals surface area contributed by atoms with Gasteiger partial charge in [0.25, 0.3) is 0 Å². The highest BCUT2D eigenvalue weighted by Crippen LogP contribution is 2.31. The van der Waals surface area contributed by atoms with Crippen molar-refractivity contribution in [2.24, 2.45) is 7.05 Å². The lowest BCUT2D eigenvalue weighted by Gasteiger charge is -2.33. The third-order valence-corrected chi connectivity index (χ3v) is 7.49.